The van der Waals surface area contributed by atoms with Crippen LogP contribution < -0.4 is 10.6 Å². The minimum Gasteiger partial charge on any atom is -0.356 e. The van der Waals surface area contributed by atoms with Crippen LogP contribution in [0, 0.1) is 11.8 Å². The molecule has 0 aliphatic carbocycles. The van der Waals surface area contributed by atoms with Crippen LogP contribution in [-0.2, 0) is 28.8 Å². The molecule has 2 amide bonds. The van der Waals surface area contributed by atoms with Gasteiger partial charge >= 0.3 is 0 Å². The van der Waals surface area contributed by atoms with Crippen molar-refractivity contribution < 1.29 is 28.8 Å². The lowest BCUT2D eigenvalue weighted by molar-refractivity contribution is -0.133. The van der Waals surface area contributed by atoms with E-state index in [9.17, 15) is 28.8 Å². The lowest BCUT2D eigenvalue weighted by Crippen LogP contribution is -2.29. The molecule has 8 heteroatoms. The smallest absolute Gasteiger partial charge is 0.220 e. The summed E-state index contributed by atoms with van der Waals surface area (Å²) in [6.07, 6.45) is 2.00. The van der Waals surface area contributed by atoms with E-state index in [1.165, 1.54) is 27.7 Å². The highest BCUT2D eigenvalue weighted by molar-refractivity contribution is 6.01. The van der Waals surface area contributed by atoms with Crippen LogP contribution in [0.1, 0.15) is 66.2 Å². The summed E-state index contributed by atoms with van der Waals surface area (Å²) in [6.45, 7) is 6.26. The zero-order valence-electron chi connectivity index (χ0n) is 17.3. The summed E-state index contributed by atoms with van der Waals surface area (Å²) in [4.78, 5) is 68.7. The summed E-state index contributed by atoms with van der Waals surface area (Å²) < 4.78 is 0. The molecule has 28 heavy (non-hydrogen) atoms. The number of carbonyl (C=O) groups is 6. The van der Waals surface area contributed by atoms with E-state index < -0.39 is 11.8 Å². The molecule has 0 bridgehead atoms. The van der Waals surface area contributed by atoms with Gasteiger partial charge in [0.2, 0.25) is 11.8 Å². The summed E-state index contributed by atoms with van der Waals surface area (Å²) in [5.74, 6) is -2.77. The maximum atomic E-state index is 11.7. The predicted octanol–water partition coefficient (Wildman–Crippen LogP) is 1.15. The number of Topliss-reactive ketones (excluding diaryl/α,β-unsaturated/α-hetero) is 4. The fourth-order valence-corrected chi connectivity index (χ4v) is 2.82. The molecule has 0 heterocycles. The standard InChI is InChI=1S/C20H32N2O6/c1-13(23)17(14(2)24)7-9-19(27)21-11-5-6-12-22-20(28)10-8-18(15(3)25)16(4)26/h17-18H,5-12H2,1-4H3,(H,21,27)(H,22,28). The topological polar surface area (TPSA) is 126 Å². The van der Waals surface area contributed by atoms with E-state index >= 15 is 0 Å². The van der Waals surface area contributed by atoms with Crippen molar-refractivity contribution in [2.24, 2.45) is 11.8 Å². The third-order valence-electron chi connectivity index (χ3n) is 4.53. The zero-order valence-corrected chi connectivity index (χ0v) is 17.3. The molecule has 0 aliphatic rings. The molecule has 0 aromatic rings. The van der Waals surface area contributed by atoms with E-state index in [0.29, 0.717) is 25.9 Å². The van der Waals surface area contributed by atoms with Gasteiger partial charge in [-0.25, -0.2) is 0 Å². The number of ketones is 4. The zero-order chi connectivity index (χ0) is 21.7. The molecule has 2 N–H and O–H groups in total. The lowest BCUT2D eigenvalue weighted by Gasteiger charge is -2.11. The van der Waals surface area contributed by atoms with Crippen molar-refractivity contribution in [3.63, 3.8) is 0 Å². The molecule has 0 rings (SSSR count). The monoisotopic (exact) mass is 396 g/mol. The number of hydrogen-bond acceptors (Lipinski definition) is 6. The second kappa shape index (κ2) is 13.7. The van der Waals surface area contributed by atoms with Gasteiger partial charge in [0.1, 0.15) is 23.1 Å². The first-order valence-electron chi connectivity index (χ1n) is 9.61. The molecule has 8 nitrogen and oxygen atoms in total. The van der Waals surface area contributed by atoms with Crippen LogP contribution in [0.3, 0.4) is 0 Å². The van der Waals surface area contributed by atoms with E-state index in [2.05, 4.69) is 10.6 Å². The Labute approximate surface area is 166 Å². The van der Waals surface area contributed by atoms with E-state index in [1.54, 1.807) is 0 Å². The summed E-state index contributed by atoms with van der Waals surface area (Å²) in [6, 6.07) is 0. The van der Waals surface area contributed by atoms with Gasteiger partial charge in [0.25, 0.3) is 0 Å². The number of nitrogens with one attached hydrogen (secondary N) is 2. The van der Waals surface area contributed by atoms with Crippen molar-refractivity contribution in [1.29, 1.82) is 0 Å². The van der Waals surface area contributed by atoms with Crippen LogP contribution in [0.25, 0.3) is 0 Å². The number of unbranched alkanes of at least 4 members (excludes halogenated alkanes) is 1. The predicted molar refractivity (Wildman–Crippen MR) is 103 cm³/mol. The fourth-order valence-electron chi connectivity index (χ4n) is 2.82. The van der Waals surface area contributed by atoms with Gasteiger partial charge in [-0.2, -0.15) is 0 Å². The first-order chi connectivity index (χ1) is 13.1. The molecule has 0 saturated heterocycles. The number of amides is 2. The molecular weight excluding hydrogens is 364 g/mol. The van der Waals surface area contributed by atoms with Crippen LogP contribution in [0.4, 0.5) is 0 Å². The van der Waals surface area contributed by atoms with Crippen LogP contribution in [0.2, 0.25) is 0 Å². The van der Waals surface area contributed by atoms with Crippen molar-refractivity contribution in [3.05, 3.63) is 0 Å². The average Bonchev–Trinajstić information content (AvgIpc) is 2.56. The first kappa shape index (κ1) is 25.6. The molecule has 0 fully saturated rings. The minimum atomic E-state index is -0.716. The number of rotatable bonds is 15. The van der Waals surface area contributed by atoms with E-state index in [-0.39, 0.29) is 60.6 Å². The van der Waals surface area contributed by atoms with Crippen LogP contribution >= 0.6 is 0 Å². The van der Waals surface area contributed by atoms with Crippen molar-refractivity contribution >= 4 is 34.9 Å². The highest BCUT2D eigenvalue weighted by Gasteiger charge is 2.21. The van der Waals surface area contributed by atoms with Crippen molar-refractivity contribution in [2.45, 2.75) is 66.2 Å². The average molecular weight is 396 g/mol. The minimum absolute atomic E-state index is 0.119. The maximum absolute atomic E-state index is 11.7. The molecule has 0 aromatic carbocycles. The van der Waals surface area contributed by atoms with Crippen LogP contribution in [0.15, 0.2) is 0 Å². The molecule has 0 radical (unpaired) electrons. The van der Waals surface area contributed by atoms with Crippen LogP contribution in [0.5, 0.6) is 0 Å². The van der Waals surface area contributed by atoms with Crippen molar-refractivity contribution in [2.75, 3.05) is 13.1 Å². The second-order valence-corrected chi connectivity index (χ2v) is 7.03. The first-order valence-corrected chi connectivity index (χ1v) is 9.61. The van der Waals surface area contributed by atoms with Gasteiger partial charge in [0, 0.05) is 25.9 Å². The van der Waals surface area contributed by atoms with Crippen molar-refractivity contribution in [1.82, 2.24) is 10.6 Å². The highest BCUT2D eigenvalue weighted by Crippen LogP contribution is 2.10. The highest BCUT2D eigenvalue weighted by atomic mass is 16.2. The Kier molecular flexibility index (Phi) is 12.6. The molecule has 0 atom stereocenters. The number of carbonyl (C=O) groups excluding carboxylic acids is 6. The van der Waals surface area contributed by atoms with Gasteiger partial charge in [0.15, 0.2) is 0 Å². The lowest BCUT2D eigenvalue weighted by atomic mass is 9.95. The Balaban J connectivity index is 3.85. The van der Waals surface area contributed by atoms with Gasteiger partial charge < -0.3 is 10.6 Å². The molecule has 0 spiro atoms. The molecule has 0 aromatic heterocycles. The Morgan fingerprint density at radius 2 is 0.857 bits per heavy atom. The molecule has 0 unspecified atom stereocenters. The normalized spacial score (nSPS) is 10.6. The molecule has 158 valence electrons. The van der Waals surface area contributed by atoms with E-state index in [1.807, 2.05) is 0 Å². The Morgan fingerprint density at radius 3 is 1.11 bits per heavy atom. The molecular formula is C20H32N2O6. The summed E-state index contributed by atoms with van der Waals surface area (Å²) in [5.41, 5.74) is 0. The number of hydrogen-bond donors (Lipinski definition) is 2. The largest absolute Gasteiger partial charge is 0.356 e. The summed E-state index contributed by atoms with van der Waals surface area (Å²) >= 11 is 0. The van der Waals surface area contributed by atoms with E-state index in [4.69, 9.17) is 0 Å². The van der Waals surface area contributed by atoms with Crippen molar-refractivity contribution in [3.8, 4) is 0 Å². The SMILES string of the molecule is CC(=O)C(CCC(=O)NCCCCNC(=O)CCC(C(C)=O)C(C)=O)C(C)=O. The third-order valence-corrected chi connectivity index (χ3v) is 4.53. The van der Waals surface area contributed by atoms with Gasteiger partial charge in [-0.1, -0.05) is 0 Å². The van der Waals surface area contributed by atoms with Crippen LogP contribution in [-0.4, -0.2) is 48.0 Å². The Bertz CT molecular complexity index is 520. The van der Waals surface area contributed by atoms with Gasteiger partial charge in [-0.3, -0.25) is 28.8 Å². The molecule has 0 aliphatic heterocycles. The quantitative estimate of drug-likeness (QED) is 0.316. The fraction of sp³-hybridized carbons (Fsp3) is 0.700. The summed E-state index contributed by atoms with van der Waals surface area (Å²) in [5, 5.41) is 5.44. The Hall–Kier alpha value is -2.38. The Morgan fingerprint density at radius 1 is 0.571 bits per heavy atom. The summed E-state index contributed by atoms with van der Waals surface area (Å²) in [7, 11) is 0. The third kappa shape index (κ3) is 11.4. The van der Waals surface area contributed by atoms with E-state index in [0.717, 1.165) is 0 Å². The molecule has 0 saturated carbocycles. The van der Waals surface area contributed by atoms with Gasteiger partial charge in [-0.15, -0.1) is 0 Å². The van der Waals surface area contributed by atoms with Gasteiger partial charge in [-0.05, 0) is 53.4 Å². The second-order valence-electron chi connectivity index (χ2n) is 7.03. The maximum Gasteiger partial charge on any atom is 0.220 e. The van der Waals surface area contributed by atoms with Gasteiger partial charge in [0.05, 0.1) is 11.8 Å².